The Morgan fingerprint density at radius 1 is 0.315 bits per heavy atom. The molecule has 11 aromatic rings. The Labute approximate surface area is 309 Å². The monoisotopic (exact) mass is 687 g/mol. The Morgan fingerprint density at radius 2 is 0.981 bits per heavy atom. The fraction of sp³-hybridized carbons (Fsp3) is 0. The fourth-order valence-corrected chi connectivity index (χ4v) is 7.75. The Bertz CT molecular complexity index is 3380. The Kier molecular flexibility index (Phi) is 6.79. The summed E-state index contributed by atoms with van der Waals surface area (Å²) in [6, 6.07) is 59.4. The van der Waals surface area contributed by atoms with Gasteiger partial charge in [0.25, 0.3) is 0 Å². The average molecular weight is 688 g/mol. The minimum Gasteiger partial charge on any atom is -0.256 e. The first-order valence-corrected chi connectivity index (χ1v) is 18.1. The lowest BCUT2D eigenvalue weighted by molar-refractivity contribution is 1.31. The molecule has 0 aliphatic carbocycles. The van der Waals surface area contributed by atoms with E-state index in [1.54, 1.807) is 0 Å². The molecular formula is C49H29N5. The van der Waals surface area contributed by atoms with Gasteiger partial charge in [0.05, 0.1) is 27.9 Å². The molecule has 4 heterocycles. The van der Waals surface area contributed by atoms with Gasteiger partial charge in [-0.25, -0.2) is 19.9 Å². The number of hydrogen-bond donors (Lipinski definition) is 0. The van der Waals surface area contributed by atoms with Crippen LogP contribution in [-0.2, 0) is 0 Å². The number of aromatic nitrogens is 5. The van der Waals surface area contributed by atoms with Crippen LogP contribution in [-0.4, -0.2) is 24.9 Å². The van der Waals surface area contributed by atoms with Crippen molar-refractivity contribution in [2.75, 3.05) is 0 Å². The van der Waals surface area contributed by atoms with Crippen molar-refractivity contribution < 1.29 is 0 Å². The minimum absolute atomic E-state index is 0.662. The molecule has 11 rings (SSSR count). The SMILES string of the molecule is c1ccc(-c2cc3nc(n2)c2cccc(c2)c2ccc4ccc5c(-c6ccccc6)nc(nc5c4c2)c2cccc(c2)c2cc3cc3ncccc32)cc1. The van der Waals surface area contributed by atoms with Gasteiger partial charge in [-0.15, -0.1) is 0 Å². The van der Waals surface area contributed by atoms with Crippen molar-refractivity contribution >= 4 is 87.1 Å². The number of pyridine rings is 1. The molecule has 0 N–H and O–H groups in total. The molecule has 4 aromatic heterocycles. The van der Waals surface area contributed by atoms with Crippen molar-refractivity contribution in [3.05, 3.63) is 176 Å². The highest BCUT2D eigenvalue weighted by Gasteiger charge is 2.13. The second-order valence-electron chi connectivity index (χ2n) is 13.7. The van der Waals surface area contributed by atoms with Crippen LogP contribution in [0.15, 0.2) is 176 Å². The van der Waals surface area contributed by atoms with Crippen molar-refractivity contribution in [1.82, 2.24) is 24.9 Å². The second-order valence-corrected chi connectivity index (χ2v) is 13.7. The highest BCUT2D eigenvalue weighted by atomic mass is 14.9. The topological polar surface area (TPSA) is 64.5 Å². The quantitative estimate of drug-likeness (QED) is 0.169. The van der Waals surface area contributed by atoms with Crippen LogP contribution < -0.4 is 0 Å². The molecule has 0 fully saturated rings. The van der Waals surface area contributed by atoms with Gasteiger partial charge in [-0.1, -0.05) is 121 Å². The second kappa shape index (κ2) is 12.1. The molecule has 54 heavy (non-hydrogen) atoms. The van der Waals surface area contributed by atoms with Crippen LogP contribution in [0, 0.1) is 0 Å². The van der Waals surface area contributed by atoms with Crippen LogP contribution in [0.4, 0.5) is 0 Å². The lowest BCUT2D eigenvalue weighted by atomic mass is 9.99. The maximum Gasteiger partial charge on any atom is 0.160 e. The molecule has 12 bridgehead atoms. The van der Waals surface area contributed by atoms with Gasteiger partial charge in [0.15, 0.2) is 11.3 Å². The van der Waals surface area contributed by atoms with E-state index in [2.05, 4.69) is 140 Å². The van der Waals surface area contributed by atoms with Crippen molar-refractivity contribution in [3.8, 4) is 22.5 Å². The van der Waals surface area contributed by atoms with E-state index in [0.717, 1.165) is 98.3 Å². The van der Waals surface area contributed by atoms with E-state index in [-0.39, 0.29) is 0 Å². The molecule has 0 aliphatic rings. The molecule has 0 unspecified atom stereocenters. The molecule has 0 aliphatic heterocycles. The lowest BCUT2D eigenvalue weighted by Crippen LogP contribution is -1.93. The van der Waals surface area contributed by atoms with Gasteiger partial charge in [-0.2, -0.15) is 0 Å². The van der Waals surface area contributed by atoms with E-state index in [1.807, 2.05) is 36.5 Å². The predicted octanol–water partition coefficient (Wildman–Crippen LogP) is 12.3. The van der Waals surface area contributed by atoms with Crippen LogP contribution in [0.5, 0.6) is 0 Å². The minimum atomic E-state index is 0.662. The van der Waals surface area contributed by atoms with Crippen LogP contribution in [0.2, 0.25) is 0 Å². The number of rotatable bonds is 2. The summed E-state index contributed by atoms with van der Waals surface area (Å²) in [5, 5.41) is 11.4. The van der Waals surface area contributed by atoms with E-state index in [4.69, 9.17) is 24.9 Å². The van der Waals surface area contributed by atoms with Crippen LogP contribution in [0.3, 0.4) is 0 Å². The van der Waals surface area contributed by atoms with Gasteiger partial charge in [-0.3, -0.25) is 4.98 Å². The highest BCUT2D eigenvalue weighted by molar-refractivity contribution is 6.14. The average Bonchev–Trinajstić information content (AvgIpc) is 3.25. The molecular weight excluding hydrogens is 659 g/mol. The summed E-state index contributed by atoms with van der Waals surface area (Å²) < 4.78 is 0. The van der Waals surface area contributed by atoms with Crippen LogP contribution in [0.25, 0.3) is 110 Å². The summed E-state index contributed by atoms with van der Waals surface area (Å²) in [7, 11) is 0. The van der Waals surface area contributed by atoms with Crippen molar-refractivity contribution in [1.29, 1.82) is 0 Å². The Hall–Kier alpha value is -7.37. The van der Waals surface area contributed by atoms with Crippen molar-refractivity contribution in [2.45, 2.75) is 0 Å². The third-order valence-electron chi connectivity index (χ3n) is 10.4. The van der Waals surface area contributed by atoms with Gasteiger partial charge in [0, 0.05) is 49.6 Å². The number of benzene rings is 7. The summed E-state index contributed by atoms with van der Waals surface area (Å²) >= 11 is 0. The summed E-state index contributed by atoms with van der Waals surface area (Å²) in [4.78, 5) is 25.9. The molecule has 5 nitrogen and oxygen atoms in total. The largest absolute Gasteiger partial charge is 0.256 e. The third kappa shape index (κ3) is 5.06. The van der Waals surface area contributed by atoms with Gasteiger partial charge < -0.3 is 0 Å². The van der Waals surface area contributed by atoms with E-state index in [9.17, 15) is 0 Å². The smallest absolute Gasteiger partial charge is 0.160 e. The summed E-state index contributed by atoms with van der Waals surface area (Å²) in [5.74, 6) is 0. The predicted molar refractivity (Wildman–Crippen MR) is 224 cm³/mol. The van der Waals surface area contributed by atoms with Crippen LogP contribution in [0.1, 0.15) is 0 Å². The molecule has 0 saturated carbocycles. The third-order valence-corrected chi connectivity index (χ3v) is 10.4. The molecule has 5 heteroatoms. The van der Waals surface area contributed by atoms with Crippen molar-refractivity contribution in [3.63, 3.8) is 0 Å². The van der Waals surface area contributed by atoms with Crippen LogP contribution >= 0.6 is 0 Å². The fourth-order valence-electron chi connectivity index (χ4n) is 7.75. The summed E-state index contributed by atoms with van der Waals surface area (Å²) in [6.45, 7) is 0. The molecule has 7 aromatic carbocycles. The lowest BCUT2D eigenvalue weighted by Gasteiger charge is -2.10. The zero-order chi connectivity index (χ0) is 35.6. The Morgan fingerprint density at radius 3 is 1.81 bits per heavy atom. The van der Waals surface area contributed by atoms with Crippen molar-refractivity contribution in [2.24, 2.45) is 0 Å². The molecule has 0 spiro atoms. The maximum atomic E-state index is 5.37. The standard InChI is InChI=1S/C49H29N5/c1-3-10-31(11-4-1)43-29-44-38-27-41(39-18-9-23-50-45(39)28-38)35-15-8-17-37(25-35)49-53-46(32-12-5-2-6-13-32)40-22-21-30-19-20-34(26-42(30)47(40)54-49)33-14-7-16-36(24-33)48(51-43)52-44/h1-29H. The van der Waals surface area contributed by atoms with Gasteiger partial charge in [0.1, 0.15) is 0 Å². The number of nitrogens with zero attached hydrogens (tertiary/aromatic N) is 5. The first kappa shape index (κ1) is 30.3. The summed E-state index contributed by atoms with van der Waals surface area (Å²) in [5.41, 5.74) is 7.82. The number of hydrogen-bond acceptors (Lipinski definition) is 5. The van der Waals surface area contributed by atoms with Gasteiger partial charge >= 0.3 is 0 Å². The first-order chi connectivity index (χ1) is 26.7. The molecule has 0 amide bonds. The highest BCUT2D eigenvalue weighted by Crippen LogP contribution is 2.35. The van der Waals surface area contributed by atoms with E-state index < -0.39 is 0 Å². The van der Waals surface area contributed by atoms with Gasteiger partial charge in [-0.05, 0) is 75.5 Å². The zero-order valence-corrected chi connectivity index (χ0v) is 29.0. The molecule has 0 saturated heterocycles. The Balaban J connectivity index is 1.38. The van der Waals surface area contributed by atoms with E-state index in [0.29, 0.717) is 11.3 Å². The molecule has 250 valence electrons. The van der Waals surface area contributed by atoms with Gasteiger partial charge in [0.2, 0.25) is 0 Å². The summed E-state index contributed by atoms with van der Waals surface area (Å²) in [6.07, 6.45) is 1.85. The maximum absolute atomic E-state index is 5.37. The van der Waals surface area contributed by atoms with E-state index >= 15 is 0 Å². The van der Waals surface area contributed by atoms with E-state index in [1.165, 1.54) is 0 Å². The number of fused-ring (bicyclic) bond motifs is 17. The molecule has 0 radical (unpaired) electrons. The first-order valence-electron chi connectivity index (χ1n) is 18.1. The molecule has 0 atom stereocenters. The normalized spacial score (nSPS) is 11.7. The zero-order valence-electron chi connectivity index (χ0n) is 29.0.